The third-order valence-corrected chi connectivity index (χ3v) is 3.56. The van der Waals surface area contributed by atoms with Crippen LogP contribution < -0.4 is 0 Å². The number of alkyl halides is 1. The van der Waals surface area contributed by atoms with Gasteiger partial charge in [0.2, 0.25) is 0 Å². The second kappa shape index (κ2) is 2.88. The van der Waals surface area contributed by atoms with Crippen molar-refractivity contribution < 1.29 is 0 Å². The molecular formula is C12H8Cl2. The molecule has 0 aliphatic heterocycles. The van der Waals surface area contributed by atoms with E-state index >= 15 is 0 Å². The molecule has 70 valence electrons. The molecule has 0 radical (unpaired) electrons. The minimum absolute atomic E-state index is 0.118. The molecule has 1 aliphatic rings. The average Bonchev–Trinajstić information content (AvgIpc) is 2.52. The van der Waals surface area contributed by atoms with E-state index in [4.69, 9.17) is 23.2 Å². The monoisotopic (exact) mass is 222 g/mol. The van der Waals surface area contributed by atoms with Gasteiger partial charge in [0, 0.05) is 10.4 Å². The molecular weight excluding hydrogens is 215 g/mol. The highest BCUT2D eigenvalue weighted by molar-refractivity contribution is 6.36. The van der Waals surface area contributed by atoms with E-state index in [0.717, 1.165) is 16.8 Å². The van der Waals surface area contributed by atoms with Crippen LogP contribution in [0, 0.1) is 0 Å². The Morgan fingerprint density at radius 3 is 2.86 bits per heavy atom. The summed E-state index contributed by atoms with van der Waals surface area (Å²) in [5.74, 6) is 0. The summed E-state index contributed by atoms with van der Waals surface area (Å²) < 4.78 is 0. The molecule has 3 rings (SSSR count). The summed E-state index contributed by atoms with van der Waals surface area (Å²) in [6, 6.07) is 10.2. The van der Waals surface area contributed by atoms with Crippen LogP contribution in [0.5, 0.6) is 0 Å². The third-order valence-electron chi connectivity index (χ3n) is 2.84. The van der Waals surface area contributed by atoms with Gasteiger partial charge in [-0.3, -0.25) is 0 Å². The number of rotatable bonds is 0. The molecule has 2 heteroatoms. The van der Waals surface area contributed by atoms with Crippen LogP contribution in [0.15, 0.2) is 30.3 Å². The molecule has 14 heavy (non-hydrogen) atoms. The second-order valence-corrected chi connectivity index (χ2v) is 4.58. The smallest absolute Gasteiger partial charge is 0.0631 e. The van der Waals surface area contributed by atoms with E-state index in [1.165, 1.54) is 16.5 Å². The molecule has 2 aromatic carbocycles. The molecule has 0 saturated heterocycles. The van der Waals surface area contributed by atoms with E-state index in [9.17, 15) is 0 Å². The lowest BCUT2D eigenvalue weighted by atomic mass is 10.1. The first-order valence-electron chi connectivity index (χ1n) is 4.61. The van der Waals surface area contributed by atoms with Gasteiger partial charge in [0.15, 0.2) is 0 Å². The van der Waals surface area contributed by atoms with Crippen molar-refractivity contribution in [2.45, 2.75) is 11.8 Å². The summed E-state index contributed by atoms with van der Waals surface area (Å²) in [4.78, 5) is 0. The van der Waals surface area contributed by atoms with Gasteiger partial charge >= 0.3 is 0 Å². The van der Waals surface area contributed by atoms with Gasteiger partial charge in [-0.2, -0.15) is 0 Å². The van der Waals surface area contributed by atoms with Gasteiger partial charge in [0.1, 0.15) is 0 Å². The molecule has 0 fully saturated rings. The molecule has 0 N–H and O–H groups in total. The van der Waals surface area contributed by atoms with Gasteiger partial charge in [-0.15, -0.1) is 11.6 Å². The van der Waals surface area contributed by atoms with Crippen LogP contribution in [0.1, 0.15) is 16.5 Å². The van der Waals surface area contributed by atoms with Crippen LogP contribution in [0.4, 0.5) is 0 Å². The van der Waals surface area contributed by atoms with E-state index in [1.54, 1.807) is 0 Å². The van der Waals surface area contributed by atoms with Gasteiger partial charge in [-0.25, -0.2) is 0 Å². The maximum absolute atomic E-state index is 6.26. The Balaban J connectivity index is 2.52. The van der Waals surface area contributed by atoms with Crippen molar-refractivity contribution in [1.29, 1.82) is 0 Å². The Kier molecular flexibility index (Phi) is 1.77. The largest absolute Gasteiger partial charge is 0.117 e. The van der Waals surface area contributed by atoms with Gasteiger partial charge in [-0.1, -0.05) is 35.9 Å². The fraction of sp³-hybridized carbons (Fsp3) is 0.167. The van der Waals surface area contributed by atoms with Crippen LogP contribution in [0.3, 0.4) is 0 Å². The van der Waals surface area contributed by atoms with Gasteiger partial charge in [0.25, 0.3) is 0 Å². The minimum atomic E-state index is 0.118. The quantitative estimate of drug-likeness (QED) is 0.583. The van der Waals surface area contributed by atoms with Crippen molar-refractivity contribution in [2.75, 3.05) is 0 Å². The fourth-order valence-electron chi connectivity index (χ4n) is 2.21. The molecule has 0 saturated carbocycles. The van der Waals surface area contributed by atoms with Crippen molar-refractivity contribution in [1.82, 2.24) is 0 Å². The molecule has 0 aromatic heterocycles. The Hall–Kier alpha value is -0.720. The summed E-state index contributed by atoms with van der Waals surface area (Å²) in [5.41, 5.74) is 2.54. The van der Waals surface area contributed by atoms with Gasteiger partial charge < -0.3 is 0 Å². The first-order valence-corrected chi connectivity index (χ1v) is 5.43. The predicted octanol–water partition coefficient (Wildman–Crippen LogP) is 4.33. The topological polar surface area (TPSA) is 0 Å². The highest BCUT2D eigenvalue weighted by atomic mass is 35.5. The van der Waals surface area contributed by atoms with E-state index in [2.05, 4.69) is 18.2 Å². The average molecular weight is 223 g/mol. The van der Waals surface area contributed by atoms with E-state index in [1.807, 2.05) is 12.1 Å². The summed E-state index contributed by atoms with van der Waals surface area (Å²) >= 11 is 12.4. The normalized spacial score (nSPS) is 19.1. The van der Waals surface area contributed by atoms with Crippen LogP contribution in [-0.2, 0) is 6.42 Å². The lowest BCUT2D eigenvalue weighted by Gasteiger charge is -2.03. The SMILES string of the molecule is Clc1ccc2c3c(cccc13)C(Cl)C2. The highest BCUT2D eigenvalue weighted by Crippen LogP contribution is 2.42. The fourth-order valence-corrected chi connectivity index (χ4v) is 2.78. The number of benzene rings is 2. The molecule has 0 amide bonds. The van der Waals surface area contributed by atoms with Crippen LogP contribution in [-0.4, -0.2) is 0 Å². The van der Waals surface area contributed by atoms with Crippen molar-refractivity contribution in [3.8, 4) is 0 Å². The first kappa shape index (κ1) is 8.58. The Bertz CT molecular complexity index is 517. The molecule has 0 nitrogen and oxygen atoms in total. The van der Waals surface area contributed by atoms with Crippen molar-refractivity contribution in [3.05, 3.63) is 46.5 Å². The molecule has 2 aromatic rings. The van der Waals surface area contributed by atoms with Crippen LogP contribution in [0.2, 0.25) is 5.02 Å². The summed E-state index contributed by atoms with van der Waals surface area (Å²) in [7, 11) is 0. The highest BCUT2D eigenvalue weighted by Gasteiger charge is 2.22. The number of hydrogen-bond donors (Lipinski definition) is 0. The molecule has 1 unspecified atom stereocenters. The molecule has 1 aliphatic carbocycles. The lowest BCUT2D eigenvalue weighted by molar-refractivity contribution is 0.978. The summed E-state index contributed by atoms with van der Waals surface area (Å²) in [6.45, 7) is 0. The molecule has 1 atom stereocenters. The lowest BCUT2D eigenvalue weighted by Crippen LogP contribution is -1.83. The molecule has 0 heterocycles. The van der Waals surface area contributed by atoms with E-state index in [0.29, 0.717) is 0 Å². The maximum atomic E-state index is 6.26. The maximum Gasteiger partial charge on any atom is 0.0631 e. The Morgan fingerprint density at radius 2 is 2.00 bits per heavy atom. The van der Waals surface area contributed by atoms with Gasteiger partial charge in [0.05, 0.1) is 5.38 Å². The zero-order valence-electron chi connectivity index (χ0n) is 7.43. The molecule has 0 spiro atoms. The van der Waals surface area contributed by atoms with Crippen LogP contribution in [0.25, 0.3) is 10.8 Å². The van der Waals surface area contributed by atoms with E-state index < -0.39 is 0 Å². The standard InChI is InChI=1S/C12H8Cl2/c13-10-5-4-7-6-11(14)9-3-1-2-8(10)12(7)9/h1-5,11H,6H2. The summed E-state index contributed by atoms with van der Waals surface area (Å²) in [5, 5.41) is 3.33. The predicted molar refractivity (Wildman–Crippen MR) is 61.3 cm³/mol. The second-order valence-electron chi connectivity index (χ2n) is 3.65. The molecule has 0 bridgehead atoms. The number of halogens is 2. The number of hydrogen-bond acceptors (Lipinski definition) is 0. The van der Waals surface area contributed by atoms with Crippen molar-refractivity contribution in [2.24, 2.45) is 0 Å². The zero-order valence-corrected chi connectivity index (χ0v) is 8.94. The summed E-state index contributed by atoms with van der Waals surface area (Å²) in [6.07, 6.45) is 0.925. The van der Waals surface area contributed by atoms with Crippen molar-refractivity contribution >= 4 is 34.0 Å². The zero-order chi connectivity index (χ0) is 9.71. The minimum Gasteiger partial charge on any atom is -0.117 e. The van der Waals surface area contributed by atoms with Crippen molar-refractivity contribution in [3.63, 3.8) is 0 Å². The first-order chi connectivity index (χ1) is 6.77. The Labute approximate surface area is 92.4 Å². The van der Waals surface area contributed by atoms with Crippen LogP contribution >= 0.6 is 23.2 Å². The van der Waals surface area contributed by atoms with Gasteiger partial charge in [-0.05, 0) is 29.0 Å². The Morgan fingerprint density at radius 1 is 1.14 bits per heavy atom. The third kappa shape index (κ3) is 1.01. The van der Waals surface area contributed by atoms with E-state index in [-0.39, 0.29) is 5.38 Å².